The third kappa shape index (κ3) is 2.61. The fourth-order valence-corrected chi connectivity index (χ4v) is 2.12. The van der Waals surface area contributed by atoms with E-state index in [1.807, 2.05) is 13.8 Å². The first-order valence-corrected chi connectivity index (χ1v) is 6.22. The molecule has 2 nitrogen and oxygen atoms in total. The molecule has 15 heavy (non-hydrogen) atoms. The first-order chi connectivity index (χ1) is 7.18. The minimum Gasteiger partial charge on any atom is -0.332 e. The van der Waals surface area contributed by atoms with E-state index in [0.29, 0.717) is 5.92 Å². The normalized spacial score (nSPS) is 19.5. The van der Waals surface area contributed by atoms with Crippen molar-refractivity contribution < 1.29 is 0 Å². The molecule has 0 bridgehead atoms. The Morgan fingerprint density at radius 1 is 1.40 bits per heavy atom. The van der Waals surface area contributed by atoms with E-state index < -0.39 is 0 Å². The van der Waals surface area contributed by atoms with Gasteiger partial charge in [-0.25, -0.2) is 4.98 Å². The van der Waals surface area contributed by atoms with Gasteiger partial charge in [-0.05, 0) is 18.8 Å². The Morgan fingerprint density at radius 3 is 2.67 bits per heavy atom. The topological polar surface area (TPSA) is 17.8 Å². The predicted octanol–water partition coefficient (Wildman–Crippen LogP) is 3.62. The molecule has 1 aromatic rings. The van der Waals surface area contributed by atoms with Crippen molar-refractivity contribution >= 4 is 0 Å². The molecule has 2 heteroatoms. The van der Waals surface area contributed by atoms with Gasteiger partial charge in [-0.3, -0.25) is 0 Å². The molecule has 1 aliphatic heterocycles. The van der Waals surface area contributed by atoms with E-state index in [1.165, 1.54) is 30.9 Å². The van der Waals surface area contributed by atoms with E-state index in [2.05, 4.69) is 36.5 Å². The lowest BCUT2D eigenvalue weighted by molar-refractivity contribution is 0.405. The average molecular weight is 208 g/mol. The molecule has 0 spiro atoms. The second kappa shape index (κ2) is 5.34. The standard InChI is InChI=1S/C11H18N2.C2H6/c1-8(2)11-12-7-10-6-9(3)4-5-13(10)11;1-2/h7-9H,4-6H2,1-3H3;1-2H3. The molecule has 86 valence electrons. The van der Waals surface area contributed by atoms with Crippen molar-refractivity contribution in [2.24, 2.45) is 5.92 Å². The van der Waals surface area contributed by atoms with Gasteiger partial charge >= 0.3 is 0 Å². The number of nitrogens with zero attached hydrogens (tertiary/aromatic N) is 2. The summed E-state index contributed by atoms with van der Waals surface area (Å²) in [6.45, 7) is 11.9. The van der Waals surface area contributed by atoms with Crippen LogP contribution in [-0.4, -0.2) is 9.55 Å². The van der Waals surface area contributed by atoms with E-state index in [1.54, 1.807) is 0 Å². The van der Waals surface area contributed by atoms with Crippen LogP contribution < -0.4 is 0 Å². The molecule has 0 amide bonds. The molecule has 2 heterocycles. The lowest BCUT2D eigenvalue weighted by atomic mass is 9.98. The van der Waals surface area contributed by atoms with Crippen LogP contribution in [0.3, 0.4) is 0 Å². The van der Waals surface area contributed by atoms with Gasteiger partial charge in [0.15, 0.2) is 0 Å². The van der Waals surface area contributed by atoms with Crippen molar-refractivity contribution in [2.75, 3.05) is 0 Å². The van der Waals surface area contributed by atoms with Crippen LogP contribution in [0.15, 0.2) is 6.20 Å². The molecule has 0 saturated carbocycles. The average Bonchev–Trinajstić information content (AvgIpc) is 2.63. The van der Waals surface area contributed by atoms with Gasteiger partial charge in [0, 0.05) is 24.4 Å². The summed E-state index contributed by atoms with van der Waals surface area (Å²) in [5, 5.41) is 0. The molecule has 1 atom stereocenters. The van der Waals surface area contributed by atoms with E-state index in [4.69, 9.17) is 0 Å². The highest BCUT2D eigenvalue weighted by molar-refractivity contribution is 5.11. The van der Waals surface area contributed by atoms with Gasteiger partial charge in [0.25, 0.3) is 0 Å². The molecule has 2 rings (SSSR count). The van der Waals surface area contributed by atoms with Crippen LogP contribution in [0, 0.1) is 5.92 Å². The first-order valence-electron chi connectivity index (χ1n) is 6.22. The van der Waals surface area contributed by atoms with Crippen LogP contribution in [0.2, 0.25) is 0 Å². The van der Waals surface area contributed by atoms with Crippen LogP contribution in [0.25, 0.3) is 0 Å². The number of hydrogen-bond acceptors (Lipinski definition) is 1. The van der Waals surface area contributed by atoms with Crippen LogP contribution in [0.4, 0.5) is 0 Å². The van der Waals surface area contributed by atoms with Gasteiger partial charge in [0.1, 0.15) is 5.82 Å². The number of aromatic nitrogens is 2. The quantitative estimate of drug-likeness (QED) is 0.689. The Hall–Kier alpha value is -0.790. The molecule has 0 fully saturated rings. The monoisotopic (exact) mass is 208 g/mol. The Bertz CT molecular complexity index is 299. The number of imidazole rings is 1. The number of rotatable bonds is 1. The summed E-state index contributed by atoms with van der Waals surface area (Å²) in [4.78, 5) is 4.49. The van der Waals surface area contributed by atoms with Gasteiger partial charge in [-0.15, -0.1) is 0 Å². The third-order valence-corrected chi connectivity index (χ3v) is 2.89. The van der Waals surface area contributed by atoms with Crippen LogP contribution >= 0.6 is 0 Å². The van der Waals surface area contributed by atoms with Gasteiger partial charge in [0.2, 0.25) is 0 Å². The molecule has 1 aromatic heterocycles. The zero-order chi connectivity index (χ0) is 11.4. The minimum atomic E-state index is 0.558. The van der Waals surface area contributed by atoms with E-state index in [-0.39, 0.29) is 0 Å². The summed E-state index contributed by atoms with van der Waals surface area (Å²) in [6.07, 6.45) is 4.58. The maximum atomic E-state index is 4.49. The van der Waals surface area contributed by atoms with Crippen molar-refractivity contribution in [1.29, 1.82) is 0 Å². The van der Waals surface area contributed by atoms with Crippen molar-refractivity contribution in [3.05, 3.63) is 17.7 Å². The van der Waals surface area contributed by atoms with E-state index >= 15 is 0 Å². The first kappa shape index (κ1) is 12.3. The smallest absolute Gasteiger partial charge is 0.111 e. The summed E-state index contributed by atoms with van der Waals surface area (Å²) in [7, 11) is 0. The molecule has 0 aliphatic carbocycles. The van der Waals surface area contributed by atoms with Gasteiger partial charge in [-0.1, -0.05) is 34.6 Å². The largest absolute Gasteiger partial charge is 0.332 e. The van der Waals surface area contributed by atoms with Gasteiger partial charge < -0.3 is 4.57 Å². The maximum Gasteiger partial charge on any atom is 0.111 e. The highest BCUT2D eigenvalue weighted by Crippen LogP contribution is 2.24. The highest BCUT2D eigenvalue weighted by atomic mass is 15.1. The second-order valence-electron chi connectivity index (χ2n) is 4.51. The fraction of sp³-hybridized carbons (Fsp3) is 0.769. The molecule has 1 unspecified atom stereocenters. The summed E-state index contributed by atoms with van der Waals surface area (Å²) >= 11 is 0. The molecule has 1 aliphatic rings. The molecule has 0 radical (unpaired) electrons. The zero-order valence-electron chi connectivity index (χ0n) is 10.7. The maximum absolute atomic E-state index is 4.49. The second-order valence-corrected chi connectivity index (χ2v) is 4.51. The molecular formula is C13H24N2. The van der Waals surface area contributed by atoms with Crippen molar-refractivity contribution in [2.45, 2.75) is 59.9 Å². The van der Waals surface area contributed by atoms with E-state index in [9.17, 15) is 0 Å². The lowest BCUT2D eigenvalue weighted by Gasteiger charge is -2.22. The van der Waals surface area contributed by atoms with Gasteiger partial charge in [-0.2, -0.15) is 0 Å². The predicted molar refractivity (Wildman–Crippen MR) is 65.1 cm³/mol. The fourth-order valence-electron chi connectivity index (χ4n) is 2.12. The number of hydrogen-bond donors (Lipinski definition) is 0. The van der Waals surface area contributed by atoms with Crippen molar-refractivity contribution in [3.63, 3.8) is 0 Å². The molecule has 0 aromatic carbocycles. The molecule has 0 N–H and O–H groups in total. The Balaban J connectivity index is 0.000000531. The SMILES string of the molecule is CC.CC1CCn2c(cnc2C(C)C)C1. The minimum absolute atomic E-state index is 0.558. The zero-order valence-corrected chi connectivity index (χ0v) is 10.7. The lowest BCUT2D eigenvalue weighted by Crippen LogP contribution is -2.18. The van der Waals surface area contributed by atoms with Crippen LogP contribution in [0.1, 0.15) is 58.5 Å². The third-order valence-electron chi connectivity index (χ3n) is 2.89. The van der Waals surface area contributed by atoms with Crippen LogP contribution in [-0.2, 0) is 13.0 Å². The van der Waals surface area contributed by atoms with Crippen molar-refractivity contribution in [1.82, 2.24) is 9.55 Å². The van der Waals surface area contributed by atoms with Crippen LogP contribution in [0.5, 0.6) is 0 Å². The van der Waals surface area contributed by atoms with Gasteiger partial charge in [0.05, 0.1) is 0 Å². The Labute approximate surface area is 93.7 Å². The van der Waals surface area contributed by atoms with Crippen molar-refractivity contribution in [3.8, 4) is 0 Å². The highest BCUT2D eigenvalue weighted by Gasteiger charge is 2.19. The summed E-state index contributed by atoms with van der Waals surface area (Å²) in [5.41, 5.74) is 1.43. The Morgan fingerprint density at radius 2 is 2.07 bits per heavy atom. The Kier molecular flexibility index (Phi) is 4.37. The van der Waals surface area contributed by atoms with E-state index in [0.717, 1.165) is 5.92 Å². The summed E-state index contributed by atoms with van der Waals surface area (Å²) in [6, 6.07) is 0. The molecular weight excluding hydrogens is 184 g/mol. The summed E-state index contributed by atoms with van der Waals surface area (Å²) < 4.78 is 2.41. The number of fused-ring (bicyclic) bond motifs is 1. The summed E-state index contributed by atoms with van der Waals surface area (Å²) in [5.74, 6) is 2.66. The molecule has 0 saturated heterocycles.